The fourth-order valence-corrected chi connectivity index (χ4v) is 3.84. The van der Waals surface area contributed by atoms with Gasteiger partial charge in [0.05, 0.1) is 6.04 Å². The molecule has 108 valence electrons. The lowest BCUT2D eigenvalue weighted by Crippen LogP contribution is -2.46. The molecule has 0 radical (unpaired) electrons. The lowest BCUT2D eigenvalue weighted by atomic mass is 9.96. The maximum Gasteiger partial charge on any atom is 0.0672 e. The number of hydrogen-bond donors (Lipinski definition) is 0. The van der Waals surface area contributed by atoms with Crippen LogP contribution in [0.15, 0.2) is 42.5 Å². The number of nitrogens with zero attached hydrogens (tertiary/aromatic N) is 2. The van der Waals surface area contributed by atoms with E-state index in [9.17, 15) is 0 Å². The Kier molecular flexibility index (Phi) is 3.00. The first kappa shape index (κ1) is 12.9. The van der Waals surface area contributed by atoms with Gasteiger partial charge < -0.3 is 9.80 Å². The lowest BCUT2D eigenvalue weighted by Gasteiger charge is -2.41. The zero-order chi connectivity index (χ0) is 14.4. The van der Waals surface area contributed by atoms with Crippen LogP contribution in [0.5, 0.6) is 0 Å². The van der Waals surface area contributed by atoms with Gasteiger partial charge in [0.2, 0.25) is 0 Å². The number of rotatable bonds is 0. The third-order valence-electron chi connectivity index (χ3n) is 4.92. The first-order valence-electron chi connectivity index (χ1n) is 7.85. The Labute approximate surface area is 127 Å². The smallest absolute Gasteiger partial charge is 0.0672 e. The molecule has 2 aliphatic heterocycles. The van der Waals surface area contributed by atoms with Gasteiger partial charge >= 0.3 is 0 Å². The predicted octanol–water partition coefficient (Wildman–Crippen LogP) is 3.39. The topological polar surface area (TPSA) is 6.48 Å². The zero-order valence-electron chi connectivity index (χ0n) is 12.8. The van der Waals surface area contributed by atoms with E-state index in [1.54, 1.807) is 0 Å². The maximum atomic E-state index is 2.63. The lowest BCUT2D eigenvalue weighted by molar-refractivity contribution is 0.269. The minimum atomic E-state index is 0.490. The number of likely N-dealkylation sites (N-methyl/N-ethyl adjacent to an activating group) is 1. The Hall–Kier alpha value is -1.80. The summed E-state index contributed by atoms with van der Waals surface area (Å²) in [6, 6.07) is 16.4. The van der Waals surface area contributed by atoms with Crippen molar-refractivity contribution in [1.29, 1.82) is 0 Å². The number of aryl methyl sites for hydroxylation is 1. The van der Waals surface area contributed by atoms with Crippen molar-refractivity contribution in [2.24, 2.45) is 0 Å². The van der Waals surface area contributed by atoms with E-state index in [2.05, 4.69) is 66.2 Å². The zero-order valence-corrected chi connectivity index (χ0v) is 12.8. The highest BCUT2D eigenvalue weighted by Crippen LogP contribution is 2.39. The summed E-state index contributed by atoms with van der Waals surface area (Å²) in [5.41, 5.74) is 7.29. The molecule has 1 fully saturated rings. The van der Waals surface area contributed by atoms with Crippen LogP contribution in [0.25, 0.3) is 0 Å². The van der Waals surface area contributed by atoms with Crippen LogP contribution in [-0.4, -0.2) is 31.6 Å². The van der Waals surface area contributed by atoms with E-state index in [4.69, 9.17) is 0 Å². The van der Waals surface area contributed by atoms with Crippen LogP contribution >= 0.6 is 0 Å². The molecule has 0 aliphatic carbocycles. The maximum absolute atomic E-state index is 2.63. The van der Waals surface area contributed by atoms with Crippen molar-refractivity contribution in [3.63, 3.8) is 0 Å². The molecule has 2 nitrogen and oxygen atoms in total. The van der Waals surface area contributed by atoms with E-state index in [-0.39, 0.29) is 0 Å². The molecule has 1 atom stereocenters. The second-order valence-corrected chi connectivity index (χ2v) is 6.48. The van der Waals surface area contributed by atoms with Crippen molar-refractivity contribution in [2.75, 3.05) is 31.6 Å². The van der Waals surface area contributed by atoms with E-state index in [1.807, 2.05) is 0 Å². The van der Waals surface area contributed by atoms with Gasteiger partial charge in [-0.25, -0.2) is 0 Å². The van der Waals surface area contributed by atoms with E-state index >= 15 is 0 Å². The summed E-state index contributed by atoms with van der Waals surface area (Å²) in [5.74, 6) is 0. The quantitative estimate of drug-likeness (QED) is 0.729. The highest BCUT2D eigenvalue weighted by atomic mass is 15.3. The third-order valence-corrected chi connectivity index (χ3v) is 4.92. The molecule has 2 heteroatoms. The van der Waals surface area contributed by atoms with Crippen LogP contribution in [0, 0.1) is 6.92 Å². The van der Waals surface area contributed by atoms with Crippen LogP contribution in [0.1, 0.15) is 28.3 Å². The summed E-state index contributed by atoms with van der Waals surface area (Å²) >= 11 is 0. The third kappa shape index (κ3) is 2.14. The molecule has 1 unspecified atom stereocenters. The Morgan fingerprint density at radius 2 is 1.86 bits per heavy atom. The molecule has 2 aromatic carbocycles. The molecule has 0 spiro atoms. The van der Waals surface area contributed by atoms with Crippen LogP contribution in [0.3, 0.4) is 0 Å². The molecule has 0 aromatic heterocycles. The molecule has 2 heterocycles. The number of anilines is 1. The highest BCUT2D eigenvalue weighted by Gasteiger charge is 2.31. The molecular formula is C19H22N2. The van der Waals surface area contributed by atoms with Crippen LogP contribution in [0.2, 0.25) is 0 Å². The standard InChI is InChI=1S/C19H22N2/c1-14-7-8-18-16(11-14)12-15-5-3-4-6-17(15)19-13-20(2)9-10-21(18)19/h3-8,11,19H,9-10,12-13H2,1-2H3. The summed E-state index contributed by atoms with van der Waals surface area (Å²) in [7, 11) is 2.24. The second kappa shape index (κ2) is 4.88. The predicted molar refractivity (Wildman–Crippen MR) is 88.0 cm³/mol. The van der Waals surface area contributed by atoms with E-state index in [0.717, 1.165) is 26.1 Å². The average Bonchev–Trinajstić information content (AvgIpc) is 2.61. The molecule has 0 amide bonds. The first-order valence-corrected chi connectivity index (χ1v) is 7.85. The van der Waals surface area contributed by atoms with E-state index < -0.39 is 0 Å². The number of benzene rings is 2. The normalized spacial score (nSPS) is 21.2. The molecule has 0 bridgehead atoms. The van der Waals surface area contributed by atoms with Crippen molar-refractivity contribution in [3.05, 3.63) is 64.7 Å². The SMILES string of the molecule is Cc1ccc2c(c1)Cc1ccccc1C1CN(C)CCN21. The number of piperazine rings is 1. The van der Waals surface area contributed by atoms with Crippen molar-refractivity contribution in [2.45, 2.75) is 19.4 Å². The van der Waals surface area contributed by atoms with Gasteiger partial charge in [-0.05, 0) is 43.1 Å². The summed E-state index contributed by atoms with van der Waals surface area (Å²) in [4.78, 5) is 5.08. The number of hydrogen-bond acceptors (Lipinski definition) is 2. The summed E-state index contributed by atoms with van der Waals surface area (Å²) in [5, 5.41) is 0. The van der Waals surface area contributed by atoms with Gasteiger partial charge in [-0.3, -0.25) is 0 Å². The first-order chi connectivity index (χ1) is 10.2. The molecule has 4 rings (SSSR count). The highest BCUT2D eigenvalue weighted by molar-refractivity contribution is 5.61. The fourth-order valence-electron chi connectivity index (χ4n) is 3.84. The molecule has 21 heavy (non-hydrogen) atoms. The summed E-state index contributed by atoms with van der Waals surface area (Å²) < 4.78 is 0. The second-order valence-electron chi connectivity index (χ2n) is 6.48. The summed E-state index contributed by atoms with van der Waals surface area (Å²) in [6.45, 7) is 5.57. The van der Waals surface area contributed by atoms with Crippen LogP contribution in [-0.2, 0) is 6.42 Å². The average molecular weight is 278 g/mol. The largest absolute Gasteiger partial charge is 0.362 e. The molecule has 0 N–H and O–H groups in total. The van der Waals surface area contributed by atoms with Gasteiger partial charge in [0.25, 0.3) is 0 Å². The van der Waals surface area contributed by atoms with Crippen molar-refractivity contribution < 1.29 is 0 Å². The van der Waals surface area contributed by atoms with Crippen molar-refractivity contribution in [1.82, 2.24) is 4.90 Å². The Balaban J connectivity index is 1.90. The van der Waals surface area contributed by atoms with Gasteiger partial charge in [-0.1, -0.05) is 42.0 Å². The van der Waals surface area contributed by atoms with Crippen LogP contribution in [0.4, 0.5) is 5.69 Å². The molecular weight excluding hydrogens is 256 g/mol. The molecule has 0 saturated carbocycles. The van der Waals surface area contributed by atoms with Gasteiger partial charge in [-0.15, -0.1) is 0 Å². The number of fused-ring (bicyclic) bond motifs is 5. The minimum absolute atomic E-state index is 0.490. The Bertz CT molecular complexity index is 677. The monoisotopic (exact) mass is 278 g/mol. The van der Waals surface area contributed by atoms with Gasteiger partial charge in [0.15, 0.2) is 0 Å². The van der Waals surface area contributed by atoms with Gasteiger partial charge in [0.1, 0.15) is 0 Å². The Morgan fingerprint density at radius 3 is 2.76 bits per heavy atom. The molecule has 1 saturated heterocycles. The van der Waals surface area contributed by atoms with Crippen LogP contribution < -0.4 is 4.90 Å². The molecule has 2 aromatic rings. The molecule has 2 aliphatic rings. The Morgan fingerprint density at radius 1 is 1.00 bits per heavy atom. The van der Waals surface area contributed by atoms with Crippen molar-refractivity contribution >= 4 is 5.69 Å². The van der Waals surface area contributed by atoms with Crippen molar-refractivity contribution in [3.8, 4) is 0 Å². The summed E-state index contributed by atoms with van der Waals surface area (Å²) in [6.07, 6.45) is 1.06. The van der Waals surface area contributed by atoms with E-state index in [1.165, 1.54) is 27.9 Å². The van der Waals surface area contributed by atoms with Gasteiger partial charge in [-0.2, -0.15) is 0 Å². The van der Waals surface area contributed by atoms with Gasteiger partial charge in [0, 0.05) is 25.3 Å². The minimum Gasteiger partial charge on any atom is -0.362 e. The fraction of sp³-hybridized carbons (Fsp3) is 0.368. The van der Waals surface area contributed by atoms with E-state index in [0.29, 0.717) is 6.04 Å².